The highest BCUT2D eigenvalue weighted by atomic mass is 32.2. The molecule has 1 rings (SSSR count). The summed E-state index contributed by atoms with van der Waals surface area (Å²) in [7, 11) is 2.15. The molecule has 3 heteroatoms. The van der Waals surface area contributed by atoms with Crippen LogP contribution in [0.15, 0.2) is 24.3 Å². The molecule has 0 saturated carbocycles. The van der Waals surface area contributed by atoms with Gasteiger partial charge in [-0.2, -0.15) is 11.8 Å². The van der Waals surface area contributed by atoms with Crippen molar-refractivity contribution in [2.75, 3.05) is 19.1 Å². The maximum atomic E-state index is 8.96. The molecule has 0 bridgehead atoms. The van der Waals surface area contributed by atoms with Crippen LogP contribution in [0.1, 0.15) is 18.1 Å². The Morgan fingerprint density at radius 2 is 1.81 bits per heavy atom. The predicted octanol–water partition coefficient (Wildman–Crippen LogP) is 2.36. The zero-order chi connectivity index (χ0) is 12.0. The van der Waals surface area contributed by atoms with Crippen molar-refractivity contribution in [3.8, 4) is 0 Å². The number of aliphatic hydroxyl groups is 1. The van der Waals surface area contributed by atoms with Crippen molar-refractivity contribution < 1.29 is 5.11 Å². The summed E-state index contributed by atoms with van der Waals surface area (Å²) >= 11 is 1.88. The minimum Gasteiger partial charge on any atom is -0.392 e. The van der Waals surface area contributed by atoms with Gasteiger partial charge in [0.15, 0.2) is 0 Å². The number of aliphatic hydroxyl groups excluding tert-OH is 1. The fourth-order valence-corrected chi connectivity index (χ4v) is 2.30. The molecule has 0 amide bonds. The number of benzene rings is 1. The molecule has 1 unspecified atom stereocenters. The molecule has 0 aliphatic heterocycles. The maximum absolute atomic E-state index is 8.96. The van der Waals surface area contributed by atoms with Gasteiger partial charge < -0.3 is 5.11 Å². The average molecular weight is 239 g/mol. The summed E-state index contributed by atoms with van der Waals surface area (Å²) in [6.45, 7) is 3.34. The van der Waals surface area contributed by atoms with Gasteiger partial charge in [-0.15, -0.1) is 0 Å². The van der Waals surface area contributed by atoms with Crippen LogP contribution in [0.5, 0.6) is 0 Å². The second-order valence-electron chi connectivity index (χ2n) is 4.19. The van der Waals surface area contributed by atoms with Gasteiger partial charge in [-0.3, -0.25) is 4.90 Å². The quantitative estimate of drug-likeness (QED) is 0.824. The number of nitrogens with zero attached hydrogens (tertiary/aromatic N) is 1. The fraction of sp³-hybridized carbons (Fsp3) is 0.538. The summed E-state index contributed by atoms with van der Waals surface area (Å²) in [6, 6.07) is 8.75. The maximum Gasteiger partial charge on any atom is 0.0681 e. The topological polar surface area (TPSA) is 23.5 Å². The Hall–Kier alpha value is -0.510. The largest absolute Gasteiger partial charge is 0.392 e. The first-order chi connectivity index (χ1) is 7.67. The van der Waals surface area contributed by atoms with Gasteiger partial charge in [-0.1, -0.05) is 24.3 Å². The molecule has 1 aromatic carbocycles. The normalized spacial score (nSPS) is 13.1. The molecule has 0 aromatic heterocycles. The van der Waals surface area contributed by atoms with Gasteiger partial charge in [0.1, 0.15) is 0 Å². The van der Waals surface area contributed by atoms with Crippen molar-refractivity contribution >= 4 is 11.8 Å². The standard InChI is InChI=1S/C13H21NOS/c1-11(10-16-3)14(2)8-12-4-6-13(9-15)7-5-12/h4-7,11,15H,8-10H2,1-3H3. The summed E-state index contributed by atoms with van der Waals surface area (Å²) in [4.78, 5) is 2.35. The van der Waals surface area contributed by atoms with E-state index in [9.17, 15) is 0 Å². The second kappa shape index (κ2) is 6.94. The molecule has 0 radical (unpaired) electrons. The van der Waals surface area contributed by atoms with Crippen LogP contribution in [0.3, 0.4) is 0 Å². The van der Waals surface area contributed by atoms with Crippen molar-refractivity contribution in [3.63, 3.8) is 0 Å². The minimum absolute atomic E-state index is 0.124. The van der Waals surface area contributed by atoms with E-state index in [0.717, 1.165) is 17.9 Å². The third kappa shape index (κ3) is 4.16. The third-order valence-electron chi connectivity index (χ3n) is 2.80. The zero-order valence-corrected chi connectivity index (χ0v) is 11.1. The zero-order valence-electron chi connectivity index (χ0n) is 10.3. The van der Waals surface area contributed by atoms with Gasteiger partial charge in [-0.25, -0.2) is 0 Å². The number of thioether (sulfide) groups is 1. The highest BCUT2D eigenvalue weighted by Crippen LogP contribution is 2.10. The van der Waals surface area contributed by atoms with Crippen LogP contribution in [0, 0.1) is 0 Å². The molecule has 2 nitrogen and oxygen atoms in total. The summed E-state index contributed by atoms with van der Waals surface area (Å²) in [6.07, 6.45) is 2.14. The number of rotatable bonds is 6. The summed E-state index contributed by atoms with van der Waals surface area (Å²) < 4.78 is 0. The Labute approximate surface area is 103 Å². The van der Waals surface area contributed by atoms with E-state index in [-0.39, 0.29) is 6.61 Å². The molecule has 90 valence electrons. The highest BCUT2D eigenvalue weighted by molar-refractivity contribution is 7.98. The van der Waals surface area contributed by atoms with Crippen LogP contribution >= 0.6 is 11.8 Å². The first-order valence-corrected chi connectivity index (χ1v) is 6.94. The van der Waals surface area contributed by atoms with E-state index in [0.29, 0.717) is 6.04 Å². The van der Waals surface area contributed by atoms with Gasteiger partial charge in [0.05, 0.1) is 6.61 Å². The lowest BCUT2D eigenvalue weighted by molar-refractivity contribution is 0.269. The van der Waals surface area contributed by atoms with E-state index >= 15 is 0 Å². The van der Waals surface area contributed by atoms with Gasteiger partial charge >= 0.3 is 0 Å². The summed E-state index contributed by atoms with van der Waals surface area (Å²) in [5, 5.41) is 8.96. The Balaban J connectivity index is 2.52. The average Bonchev–Trinajstić information content (AvgIpc) is 2.30. The van der Waals surface area contributed by atoms with E-state index < -0.39 is 0 Å². The van der Waals surface area contributed by atoms with Gasteiger partial charge in [-0.05, 0) is 31.4 Å². The van der Waals surface area contributed by atoms with Crippen LogP contribution in [-0.4, -0.2) is 35.1 Å². The van der Waals surface area contributed by atoms with Gasteiger partial charge in [0.25, 0.3) is 0 Å². The van der Waals surface area contributed by atoms with Crippen molar-refractivity contribution in [3.05, 3.63) is 35.4 Å². The summed E-state index contributed by atoms with van der Waals surface area (Å²) in [5.41, 5.74) is 2.27. The van der Waals surface area contributed by atoms with E-state index in [1.54, 1.807) is 0 Å². The molecule has 0 aliphatic carbocycles. The lowest BCUT2D eigenvalue weighted by atomic mass is 10.1. The second-order valence-corrected chi connectivity index (χ2v) is 5.10. The molecular formula is C13H21NOS. The molecule has 1 atom stereocenters. The molecule has 1 N–H and O–H groups in total. The Morgan fingerprint density at radius 3 is 2.31 bits per heavy atom. The smallest absolute Gasteiger partial charge is 0.0681 e. The minimum atomic E-state index is 0.124. The molecular weight excluding hydrogens is 218 g/mol. The molecule has 1 aromatic rings. The monoisotopic (exact) mass is 239 g/mol. The Morgan fingerprint density at radius 1 is 1.25 bits per heavy atom. The lowest BCUT2D eigenvalue weighted by Crippen LogP contribution is -2.30. The Kier molecular flexibility index (Phi) is 5.88. The first kappa shape index (κ1) is 13.6. The van der Waals surface area contributed by atoms with Crippen LogP contribution in [0.4, 0.5) is 0 Å². The van der Waals surface area contributed by atoms with E-state index in [1.807, 2.05) is 23.9 Å². The molecule has 0 fully saturated rings. The third-order valence-corrected chi connectivity index (χ3v) is 3.61. The van der Waals surface area contributed by atoms with E-state index in [4.69, 9.17) is 5.11 Å². The Bertz CT molecular complexity index is 299. The fourth-order valence-electron chi connectivity index (χ4n) is 1.56. The van der Waals surface area contributed by atoms with Gasteiger partial charge in [0.2, 0.25) is 0 Å². The lowest BCUT2D eigenvalue weighted by Gasteiger charge is -2.24. The van der Waals surface area contributed by atoms with Crippen molar-refractivity contribution in [1.29, 1.82) is 0 Å². The summed E-state index contributed by atoms with van der Waals surface area (Å²) in [5.74, 6) is 1.16. The molecule has 0 spiro atoms. The molecule has 16 heavy (non-hydrogen) atoms. The van der Waals surface area contributed by atoms with Crippen LogP contribution < -0.4 is 0 Å². The van der Waals surface area contributed by atoms with Crippen molar-refractivity contribution in [1.82, 2.24) is 4.90 Å². The van der Waals surface area contributed by atoms with Crippen LogP contribution in [0.2, 0.25) is 0 Å². The first-order valence-electron chi connectivity index (χ1n) is 5.55. The number of hydrogen-bond acceptors (Lipinski definition) is 3. The molecule has 0 aliphatic rings. The predicted molar refractivity (Wildman–Crippen MR) is 71.7 cm³/mol. The van der Waals surface area contributed by atoms with Crippen LogP contribution in [-0.2, 0) is 13.2 Å². The number of hydrogen-bond donors (Lipinski definition) is 1. The SMILES string of the molecule is CSCC(C)N(C)Cc1ccc(CO)cc1. The van der Waals surface area contributed by atoms with Gasteiger partial charge in [0, 0.05) is 18.3 Å². The van der Waals surface area contributed by atoms with E-state index in [1.165, 1.54) is 5.56 Å². The van der Waals surface area contributed by atoms with Crippen molar-refractivity contribution in [2.45, 2.75) is 26.1 Å². The highest BCUT2D eigenvalue weighted by Gasteiger charge is 2.08. The molecule has 0 saturated heterocycles. The van der Waals surface area contributed by atoms with E-state index in [2.05, 4.69) is 37.3 Å². The molecule has 0 heterocycles. The van der Waals surface area contributed by atoms with Crippen molar-refractivity contribution in [2.24, 2.45) is 0 Å². The van der Waals surface area contributed by atoms with Crippen LogP contribution in [0.25, 0.3) is 0 Å².